The fraction of sp³-hybridized carbons (Fsp3) is 0.481. The number of rotatable bonds is 2. The molecule has 8 nitrogen and oxygen atoms in total. The summed E-state index contributed by atoms with van der Waals surface area (Å²) in [6.45, 7) is 14.6. The number of carbonyl (C=O) groups excluding carboxylic acids is 1. The van der Waals surface area contributed by atoms with Gasteiger partial charge in [0.25, 0.3) is 0 Å². The molecule has 1 fully saturated rings. The maximum absolute atomic E-state index is 14.7. The van der Waals surface area contributed by atoms with Crippen LogP contribution in [0.3, 0.4) is 0 Å². The van der Waals surface area contributed by atoms with E-state index >= 15 is 0 Å². The highest BCUT2D eigenvalue weighted by molar-refractivity contribution is 6.30. The van der Waals surface area contributed by atoms with Crippen LogP contribution in [0.15, 0.2) is 35.1 Å². The number of fused-ring (bicyclic) bond motifs is 1. The van der Waals surface area contributed by atoms with Gasteiger partial charge in [0.15, 0.2) is 16.6 Å². The topological polar surface area (TPSA) is 80.6 Å². The fourth-order valence-corrected chi connectivity index (χ4v) is 4.72. The van der Waals surface area contributed by atoms with Crippen molar-refractivity contribution in [3.63, 3.8) is 0 Å². The molecule has 1 aliphatic heterocycles. The van der Waals surface area contributed by atoms with Crippen LogP contribution in [0, 0.1) is 5.82 Å². The molecule has 0 aliphatic carbocycles. The van der Waals surface area contributed by atoms with Crippen LogP contribution in [-0.2, 0) is 10.2 Å². The Kier molecular flexibility index (Phi) is 6.96. The van der Waals surface area contributed by atoms with Gasteiger partial charge in [0, 0.05) is 25.7 Å². The van der Waals surface area contributed by atoms with Crippen molar-refractivity contribution in [1.29, 1.82) is 0 Å². The Morgan fingerprint density at radius 3 is 2.41 bits per heavy atom. The number of amides is 1. The fourth-order valence-electron chi connectivity index (χ4n) is 4.59. The third-order valence-electron chi connectivity index (χ3n) is 6.26. The molecule has 0 saturated carbocycles. The van der Waals surface area contributed by atoms with Crippen LogP contribution in [-0.4, -0.2) is 56.8 Å². The van der Waals surface area contributed by atoms with Crippen molar-refractivity contribution in [2.45, 2.75) is 65.5 Å². The number of para-hydroxylation sites is 1. The van der Waals surface area contributed by atoms with Crippen LogP contribution in [0.2, 0.25) is 5.15 Å². The number of nitrogens with zero attached hydrogens (tertiary/aromatic N) is 5. The van der Waals surface area contributed by atoms with Gasteiger partial charge in [-0.3, -0.25) is 0 Å². The lowest BCUT2D eigenvalue weighted by Gasteiger charge is -2.41. The number of hydrogen-bond acceptors (Lipinski definition) is 6. The number of halogens is 2. The molecule has 1 aliphatic rings. The van der Waals surface area contributed by atoms with E-state index in [0.717, 1.165) is 5.56 Å². The van der Waals surface area contributed by atoms with Gasteiger partial charge in [-0.25, -0.2) is 23.5 Å². The second kappa shape index (κ2) is 9.59. The van der Waals surface area contributed by atoms with Gasteiger partial charge in [0.1, 0.15) is 11.4 Å². The van der Waals surface area contributed by atoms with Crippen LogP contribution >= 0.6 is 11.6 Å². The highest BCUT2D eigenvalue weighted by Crippen LogP contribution is 2.33. The van der Waals surface area contributed by atoms with E-state index in [0.29, 0.717) is 36.5 Å². The first-order valence-corrected chi connectivity index (χ1v) is 12.7. The minimum absolute atomic E-state index is 0.215. The van der Waals surface area contributed by atoms with Crippen molar-refractivity contribution >= 4 is 34.5 Å². The molecular formula is C27H33ClFN5O3. The third kappa shape index (κ3) is 5.42. The van der Waals surface area contributed by atoms with Gasteiger partial charge in [-0.05, 0) is 50.8 Å². The molecule has 1 amide bonds. The molecule has 3 aromatic rings. The van der Waals surface area contributed by atoms with Gasteiger partial charge < -0.3 is 14.5 Å². The maximum Gasteiger partial charge on any atom is 0.410 e. The first-order valence-electron chi connectivity index (χ1n) is 12.3. The van der Waals surface area contributed by atoms with Crippen molar-refractivity contribution in [3.05, 3.63) is 57.3 Å². The number of pyridine rings is 1. The van der Waals surface area contributed by atoms with Crippen molar-refractivity contribution in [3.8, 4) is 5.69 Å². The van der Waals surface area contributed by atoms with Crippen LogP contribution in [0.4, 0.5) is 15.0 Å². The van der Waals surface area contributed by atoms with Gasteiger partial charge in [0.2, 0.25) is 0 Å². The highest BCUT2D eigenvalue weighted by Gasteiger charge is 2.32. The summed E-state index contributed by atoms with van der Waals surface area (Å²) in [5.74, 6) is -0.393. The molecule has 10 heteroatoms. The first kappa shape index (κ1) is 26.9. The van der Waals surface area contributed by atoms with Gasteiger partial charge >= 0.3 is 11.8 Å². The molecule has 0 radical (unpaired) electrons. The molecule has 0 N–H and O–H groups in total. The number of ether oxygens (including phenoxy) is 1. The van der Waals surface area contributed by atoms with E-state index < -0.39 is 23.2 Å². The minimum atomic E-state index is -0.702. The summed E-state index contributed by atoms with van der Waals surface area (Å²) in [6.07, 6.45) is -0.398. The van der Waals surface area contributed by atoms with E-state index in [4.69, 9.17) is 16.3 Å². The number of piperazine rings is 1. The molecule has 37 heavy (non-hydrogen) atoms. The second-order valence-corrected chi connectivity index (χ2v) is 11.8. The van der Waals surface area contributed by atoms with Gasteiger partial charge in [-0.15, -0.1) is 0 Å². The van der Waals surface area contributed by atoms with E-state index in [9.17, 15) is 14.0 Å². The molecule has 0 spiro atoms. The summed E-state index contributed by atoms with van der Waals surface area (Å²) in [6, 6.07) is 8.57. The Labute approximate surface area is 221 Å². The molecular weight excluding hydrogens is 497 g/mol. The summed E-state index contributed by atoms with van der Waals surface area (Å²) in [5, 5.41) is 0.0385. The molecule has 1 saturated heterocycles. The molecule has 1 unspecified atom stereocenters. The summed E-state index contributed by atoms with van der Waals surface area (Å²) in [7, 11) is 0. The summed E-state index contributed by atoms with van der Waals surface area (Å²) in [5.41, 5.74) is 0.315. The summed E-state index contributed by atoms with van der Waals surface area (Å²) >= 11 is 6.11. The predicted octanol–water partition coefficient (Wildman–Crippen LogP) is 5.32. The van der Waals surface area contributed by atoms with Crippen LogP contribution in [0.25, 0.3) is 16.7 Å². The Morgan fingerprint density at radius 1 is 1.11 bits per heavy atom. The Balaban J connectivity index is 1.83. The van der Waals surface area contributed by atoms with Crippen molar-refractivity contribution in [1.82, 2.24) is 19.4 Å². The average Bonchev–Trinajstić information content (AvgIpc) is 2.78. The predicted molar refractivity (Wildman–Crippen MR) is 143 cm³/mol. The van der Waals surface area contributed by atoms with Crippen LogP contribution in [0.5, 0.6) is 0 Å². The number of aromatic nitrogens is 3. The molecule has 198 valence electrons. The minimum Gasteiger partial charge on any atom is -0.444 e. The molecule has 4 rings (SSSR count). The second-order valence-electron chi connectivity index (χ2n) is 11.4. The number of anilines is 1. The van der Waals surface area contributed by atoms with Gasteiger partial charge in [-0.2, -0.15) is 4.98 Å². The van der Waals surface area contributed by atoms with E-state index in [1.165, 1.54) is 10.6 Å². The first-order chi connectivity index (χ1) is 17.2. The van der Waals surface area contributed by atoms with Crippen LogP contribution in [0.1, 0.15) is 54.0 Å². The van der Waals surface area contributed by atoms with Gasteiger partial charge in [0.05, 0.1) is 11.1 Å². The largest absolute Gasteiger partial charge is 0.444 e. The van der Waals surface area contributed by atoms with E-state index in [2.05, 4.69) is 9.97 Å². The standard InChI is InChI=1S/C27H33ClFN5O3/c1-16-15-32(25(36)37-27(5,6)7)12-13-33(16)22-17-14-19(29)21(28)30-23(17)34(24(35)31-22)20-11-9-8-10-18(20)26(2,3)4/h8-11,14,16H,12-13,15H2,1-7H3. The zero-order valence-corrected chi connectivity index (χ0v) is 23.1. The molecule has 2 aromatic heterocycles. The average molecular weight is 530 g/mol. The molecule has 3 heterocycles. The van der Waals surface area contributed by atoms with Gasteiger partial charge in [-0.1, -0.05) is 50.6 Å². The van der Waals surface area contributed by atoms with E-state index in [1.807, 2.05) is 77.6 Å². The van der Waals surface area contributed by atoms with E-state index in [-0.39, 0.29) is 22.3 Å². The third-order valence-corrected chi connectivity index (χ3v) is 6.53. The SMILES string of the molecule is CC1CN(C(=O)OC(C)(C)C)CCN1c1nc(=O)n(-c2ccccc2C(C)(C)C)c2nc(Cl)c(F)cc12. The van der Waals surface area contributed by atoms with Crippen molar-refractivity contribution in [2.24, 2.45) is 0 Å². The number of benzene rings is 1. The number of carbonyl (C=O) groups is 1. The molecule has 0 bridgehead atoms. The highest BCUT2D eigenvalue weighted by atomic mass is 35.5. The van der Waals surface area contributed by atoms with E-state index in [1.54, 1.807) is 4.90 Å². The lowest BCUT2D eigenvalue weighted by atomic mass is 9.85. The summed E-state index contributed by atoms with van der Waals surface area (Å²) < 4.78 is 21.6. The normalized spacial score (nSPS) is 16.8. The monoisotopic (exact) mass is 529 g/mol. The quantitative estimate of drug-likeness (QED) is 0.418. The maximum atomic E-state index is 14.7. The zero-order chi connectivity index (χ0) is 27.3. The van der Waals surface area contributed by atoms with Crippen LogP contribution < -0.4 is 10.6 Å². The van der Waals surface area contributed by atoms with Crippen molar-refractivity contribution in [2.75, 3.05) is 24.5 Å². The molecule has 1 aromatic carbocycles. The zero-order valence-electron chi connectivity index (χ0n) is 22.3. The Morgan fingerprint density at radius 2 is 1.78 bits per heavy atom. The lowest BCUT2D eigenvalue weighted by molar-refractivity contribution is 0.0218. The Bertz CT molecular complexity index is 1410. The number of hydrogen-bond donors (Lipinski definition) is 0. The smallest absolute Gasteiger partial charge is 0.410 e. The molecule has 1 atom stereocenters. The Hall–Kier alpha value is -3.20. The lowest BCUT2D eigenvalue weighted by Crippen LogP contribution is -2.55. The summed E-state index contributed by atoms with van der Waals surface area (Å²) in [4.78, 5) is 38.4. The van der Waals surface area contributed by atoms with Crippen molar-refractivity contribution < 1.29 is 13.9 Å².